The summed E-state index contributed by atoms with van der Waals surface area (Å²) in [5, 5.41) is -0.357. The van der Waals surface area contributed by atoms with Gasteiger partial charge < -0.3 is 10.5 Å². The quantitative estimate of drug-likeness (QED) is 0.723. The highest BCUT2D eigenvalue weighted by Crippen LogP contribution is 2.26. The van der Waals surface area contributed by atoms with Crippen molar-refractivity contribution in [2.45, 2.75) is 37.0 Å². The molecule has 1 aliphatic carbocycles. The first-order chi connectivity index (χ1) is 7.62. The molecule has 1 aliphatic heterocycles. The molecule has 94 valence electrons. The maximum absolute atomic E-state index is 12.0. The molecule has 0 spiro atoms. The minimum atomic E-state index is -3.19. The van der Waals surface area contributed by atoms with Crippen LogP contribution in [0.2, 0.25) is 0 Å². The highest BCUT2D eigenvalue weighted by molar-refractivity contribution is 7.90. The molecule has 2 rings (SSSR count). The van der Waals surface area contributed by atoms with E-state index in [9.17, 15) is 8.42 Å². The largest absolute Gasteiger partial charge is 0.380 e. The number of ether oxygens (including phenoxy) is 1. The van der Waals surface area contributed by atoms with Crippen LogP contribution in [0.3, 0.4) is 0 Å². The summed E-state index contributed by atoms with van der Waals surface area (Å²) in [5.74, 6) is 0.479. The van der Waals surface area contributed by atoms with Gasteiger partial charge in [-0.3, -0.25) is 0 Å². The topological polar surface area (TPSA) is 81.4 Å². The third kappa shape index (κ3) is 2.74. The molecule has 3 N–H and O–H groups in total. The number of hydrogen-bond acceptors (Lipinski definition) is 4. The van der Waals surface area contributed by atoms with Gasteiger partial charge in [-0.1, -0.05) is 0 Å². The molecule has 0 bridgehead atoms. The Kier molecular flexibility index (Phi) is 3.84. The fraction of sp³-hybridized carbons (Fsp3) is 1.00. The van der Waals surface area contributed by atoms with Crippen molar-refractivity contribution in [1.29, 1.82) is 0 Å². The Morgan fingerprint density at radius 3 is 2.69 bits per heavy atom. The Morgan fingerprint density at radius 2 is 2.12 bits per heavy atom. The van der Waals surface area contributed by atoms with Gasteiger partial charge in [-0.05, 0) is 38.1 Å². The van der Waals surface area contributed by atoms with Gasteiger partial charge in [0.2, 0.25) is 10.0 Å². The molecule has 3 atom stereocenters. The third-order valence-corrected chi connectivity index (χ3v) is 5.44. The Morgan fingerprint density at radius 1 is 1.31 bits per heavy atom. The van der Waals surface area contributed by atoms with Crippen LogP contribution in [0, 0.1) is 5.92 Å². The van der Waals surface area contributed by atoms with Crippen molar-refractivity contribution < 1.29 is 13.2 Å². The standard InChI is InChI=1S/C10H20N2O3S/c11-6-8-1-2-9(5-8)12-16(13,14)10-3-4-15-7-10/h8-10,12H,1-7,11H2/t8-,9+,10?/m1/s1. The van der Waals surface area contributed by atoms with Crippen LogP contribution in [0.15, 0.2) is 0 Å². The van der Waals surface area contributed by atoms with Gasteiger partial charge in [0, 0.05) is 12.6 Å². The fourth-order valence-electron chi connectivity index (χ4n) is 2.48. The van der Waals surface area contributed by atoms with Crippen LogP contribution in [-0.2, 0) is 14.8 Å². The molecule has 1 saturated heterocycles. The van der Waals surface area contributed by atoms with Crippen molar-refractivity contribution in [1.82, 2.24) is 4.72 Å². The number of hydrogen-bond donors (Lipinski definition) is 2. The zero-order valence-corrected chi connectivity index (χ0v) is 10.2. The Bertz CT molecular complexity index is 325. The van der Waals surface area contributed by atoms with Crippen molar-refractivity contribution in [3.63, 3.8) is 0 Å². The van der Waals surface area contributed by atoms with E-state index in [-0.39, 0.29) is 11.3 Å². The van der Waals surface area contributed by atoms with Gasteiger partial charge in [0.05, 0.1) is 6.61 Å². The lowest BCUT2D eigenvalue weighted by Crippen LogP contribution is -2.40. The van der Waals surface area contributed by atoms with Gasteiger partial charge in [-0.25, -0.2) is 13.1 Å². The van der Waals surface area contributed by atoms with Gasteiger partial charge >= 0.3 is 0 Å². The number of nitrogens with one attached hydrogen (secondary N) is 1. The lowest BCUT2D eigenvalue weighted by atomic mass is 10.1. The normalized spacial score (nSPS) is 35.7. The number of rotatable bonds is 4. The highest BCUT2D eigenvalue weighted by atomic mass is 32.2. The van der Waals surface area contributed by atoms with Crippen molar-refractivity contribution >= 4 is 10.0 Å². The molecular weight excluding hydrogens is 228 g/mol. The predicted octanol–water partition coefficient (Wildman–Crippen LogP) is -0.178. The van der Waals surface area contributed by atoms with Crippen LogP contribution in [0.25, 0.3) is 0 Å². The smallest absolute Gasteiger partial charge is 0.217 e. The summed E-state index contributed by atoms with van der Waals surface area (Å²) in [6.45, 7) is 1.55. The zero-order chi connectivity index (χ0) is 11.6. The van der Waals surface area contributed by atoms with Gasteiger partial charge in [-0.15, -0.1) is 0 Å². The van der Waals surface area contributed by atoms with Crippen LogP contribution in [0.4, 0.5) is 0 Å². The summed E-state index contributed by atoms with van der Waals surface area (Å²) in [4.78, 5) is 0. The van der Waals surface area contributed by atoms with Crippen molar-refractivity contribution in [2.75, 3.05) is 19.8 Å². The second-order valence-electron chi connectivity index (χ2n) is 4.76. The Labute approximate surface area is 96.8 Å². The molecule has 16 heavy (non-hydrogen) atoms. The van der Waals surface area contributed by atoms with E-state index >= 15 is 0 Å². The van der Waals surface area contributed by atoms with Crippen LogP contribution >= 0.6 is 0 Å². The molecule has 1 unspecified atom stereocenters. The first kappa shape index (κ1) is 12.3. The van der Waals surface area contributed by atoms with Crippen molar-refractivity contribution in [3.05, 3.63) is 0 Å². The van der Waals surface area contributed by atoms with E-state index < -0.39 is 10.0 Å². The maximum Gasteiger partial charge on any atom is 0.217 e. The molecule has 2 fully saturated rings. The van der Waals surface area contributed by atoms with E-state index in [4.69, 9.17) is 10.5 Å². The van der Waals surface area contributed by atoms with Crippen LogP contribution in [0.1, 0.15) is 25.7 Å². The monoisotopic (exact) mass is 248 g/mol. The molecular formula is C10H20N2O3S. The minimum absolute atomic E-state index is 0.0825. The number of sulfonamides is 1. The summed E-state index contributed by atoms with van der Waals surface area (Å²) in [7, 11) is -3.19. The SMILES string of the molecule is NC[C@@H]1CC[C@H](NS(=O)(=O)C2CCOC2)C1. The zero-order valence-electron chi connectivity index (χ0n) is 9.39. The van der Waals surface area contributed by atoms with Gasteiger partial charge in [0.15, 0.2) is 0 Å². The summed E-state index contributed by atoms with van der Waals surface area (Å²) in [5.41, 5.74) is 5.58. The van der Waals surface area contributed by atoms with E-state index in [1.165, 1.54) is 0 Å². The van der Waals surface area contributed by atoms with Gasteiger partial charge in [-0.2, -0.15) is 0 Å². The predicted molar refractivity (Wildman–Crippen MR) is 61.5 cm³/mol. The molecule has 0 radical (unpaired) electrons. The second kappa shape index (κ2) is 5.00. The Hall–Kier alpha value is -0.170. The summed E-state index contributed by atoms with van der Waals surface area (Å²) >= 11 is 0. The highest BCUT2D eigenvalue weighted by Gasteiger charge is 2.33. The van der Waals surface area contributed by atoms with Crippen molar-refractivity contribution in [2.24, 2.45) is 11.7 Å². The van der Waals surface area contributed by atoms with E-state index in [0.29, 0.717) is 32.1 Å². The van der Waals surface area contributed by atoms with Crippen LogP contribution in [0.5, 0.6) is 0 Å². The lowest BCUT2D eigenvalue weighted by Gasteiger charge is -2.16. The molecule has 0 aromatic heterocycles. The van der Waals surface area contributed by atoms with E-state index in [1.54, 1.807) is 0 Å². The molecule has 1 heterocycles. The molecule has 0 amide bonds. The molecule has 6 heteroatoms. The van der Waals surface area contributed by atoms with Gasteiger partial charge in [0.25, 0.3) is 0 Å². The first-order valence-corrected chi connectivity index (χ1v) is 7.45. The number of nitrogens with two attached hydrogens (primary N) is 1. The van der Waals surface area contributed by atoms with Gasteiger partial charge in [0.1, 0.15) is 5.25 Å². The minimum Gasteiger partial charge on any atom is -0.380 e. The van der Waals surface area contributed by atoms with E-state index in [1.807, 2.05) is 0 Å². The average molecular weight is 248 g/mol. The third-order valence-electron chi connectivity index (χ3n) is 3.53. The van der Waals surface area contributed by atoms with Crippen LogP contribution in [-0.4, -0.2) is 39.5 Å². The maximum atomic E-state index is 12.0. The summed E-state index contributed by atoms with van der Waals surface area (Å²) in [6.07, 6.45) is 3.44. The molecule has 1 saturated carbocycles. The van der Waals surface area contributed by atoms with Crippen molar-refractivity contribution in [3.8, 4) is 0 Å². The first-order valence-electron chi connectivity index (χ1n) is 5.91. The molecule has 2 aliphatic rings. The summed E-state index contributed by atoms with van der Waals surface area (Å²) < 4.78 is 31.8. The summed E-state index contributed by atoms with van der Waals surface area (Å²) in [6, 6.07) is 0.0825. The second-order valence-corrected chi connectivity index (χ2v) is 6.75. The average Bonchev–Trinajstić information content (AvgIpc) is 2.86. The van der Waals surface area contributed by atoms with Crippen LogP contribution < -0.4 is 10.5 Å². The molecule has 5 nitrogen and oxygen atoms in total. The molecule has 0 aromatic carbocycles. The Balaban J connectivity index is 1.89. The van der Waals surface area contributed by atoms with E-state index in [2.05, 4.69) is 4.72 Å². The molecule has 0 aromatic rings. The fourth-order valence-corrected chi connectivity index (χ4v) is 4.04. The van der Waals surface area contributed by atoms with E-state index in [0.717, 1.165) is 19.3 Å². The lowest BCUT2D eigenvalue weighted by molar-refractivity contribution is 0.198.